The number of fused-ring (bicyclic) bond motifs is 1. The molecule has 3 aromatic rings. The summed E-state index contributed by atoms with van der Waals surface area (Å²) in [5.41, 5.74) is 1.12. The zero-order valence-corrected chi connectivity index (χ0v) is 15.9. The summed E-state index contributed by atoms with van der Waals surface area (Å²) in [5.74, 6) is -0.758. The first-order valence-corrected chi connectivity index (χ1v) is 10.3. The van der Waals surface area contributed by atoms with E-state index in [9.17, 15) is 22.4 Å². The smallest absolute Gasteiger partial charge is 0.261 e. The molecular weight excluding hydrogens is 385 g/mol. The van der Waals surface area contributed by atoms with E-state index in [2.05, 4.69) is 9.71 Å². The van der Waals surface area contributed by atoms with Crippen LogP contribution in [0.1, 0.15) is 15.9 Å². The second-order valence-corrected chi connectivity index (χ2v) is 8.21. The van der Waals surface area contributed by atoms with Gasteiger partial charge in [-0.1, -0.05) is 24.3 Å². The molecule has 0 spiro atoms. The molecule has 9 heteroatoms. The first-order valence-electron chi connectivity index (χ1n) is 8.44. The summed E-state index contributed by atoms with van der Waals surface area (Å²) in [4.78, 5) is 29.0. The van der Waals surface area contributed by atoms with Crippen LogP contribution in [0, 0.1) is 5.82 Å². The van der Waals surface area contributed by atoms with Gasteiger partial charge in [0.05, 0.1) is 30.0 Å². The molecular formula is C19H18FN3O4S. The number of sulfonamides is 1. The summed E-state index contributed by atoms with van der Waals surface area (Å²) in [6.45, 7) is 0.0823. The zero-order chi connectivity index (χ0) is 20.3. The van der Waals surface area contributed by atoms with Crippen molar-refractivity contribution in [2.24, 2.45) is 0 Å². The first kappa shape index (κ1) is 19.8. The monoisotopic (exact) mass is 403 g/mol. The molecule has 0 saturated heterocycles. The van der Waals surface area contributed by atoms with Gasteiger partial charge in [0.1, 0.15) is 5.82 Å². The van der Waals surface area contributed by atoms with Crippen molar-refractivity contribution in [1.82, 2.24) is 14.3 Å². The molecule has 1 aromatic heterocycles. The second kappa shape index (κ2) is 7.99. The van der Waals surface area contributed by atoms with Gasteiger partial charge in [-0.15, -0.1) is 0 Å². The minimum atomic E-state index is -3.24. The van der Waals surface area contributed by atoms with Gasteiger partial charge in [0.25, 0.3) is 5.56 Å². The lowest BCUT2D eigenvalue weighted by Crippen LogP contribution is -2.25. The number of benzene rings is 2. The third-order valence-corrected chi connectivity index (χ3v) is 4.88. The number of rotatable bonds is 7. The molecule has 0 saturated carbocycles. The number of aromatic nitrogens is 2. The van der Waals surface area contributed by atoms with Crippen molar-refractivity contribution in [2.45, 2.75) is 13.0 Å². The molecule has 0 bridgehead atoms. The Bertz CT molecular complexity index is 1190. The molecule has 1 heterocycles. The van der Waals surface area contributed by atoms with E-state index in [1.165, 1.54) is 29.1 Å². The topological polar surface area (TPSA) is 98.1 Å². The molecule has 0 amide bonds. The standard InChI is InChI=1S/C19H18FN3O4S/c1-28(26,27)22-9-8-13-2-4-14(5-3-13)18(24)11-23-12-21-17-10-15(20)6-7-16(17)19(23)25/h2-7,10,12,22H,8-9,11H2,1H3. The summed E-state index contributed by atoms with van der Waals surface area (Å²) in [7, 11) is -3.24. The van der Waals surface area contributed by atoms with E-state index >= 15 is 0 Å². The highest BCUT2D eigenvalue weighted by Crippen LogP contribution is 2.10. The normalized spacial score (nSPS) is 11.6. The van der Waals surface area contributed by atoms with Crippen molar-refractivity contribution < 1.29 is 17.6 Å². The van der Waals surface area contributed by atoms with Crippen molar-refractivity contribution in [3.05, 3.63) is 76.1 Å². The lowest BCUT2D eigenvalue weighted by molar-refractivity contribution is 0.0970. The third-order valence-electron chi connectivity index (χ3n) is 4.16. The predicted octanol–water partition coefficient (Wildman–Crippen LogP) is 1.51. The SMILES string of the molecule is CS(=O)(=O)NCCc1ccc(C(=O)Cn2cnc3cc(F)ccc3c2=O)cc1. The maximum atomic E-state index is 13.2. The fourth-order valence-corrected chi connectivity index (χ4v) is 3.20. The minimum Gasteiger partial charge on any atom is -0.292 e. The predicted molar refractivity (Wildman–Crippen MR) is 103 cm³/mol. The molecule has 0 aliphatic rings. The number of nitrogens with zero attached hydrogens (tertiary/aromatic N) is 2. The minimum absolute atomic E-state index is 0.186. The molecule has 0 radical (unpaired) electrons. The molecule has 28 heavy (non-hydrogen) atoms. The van der Waals surface area contributed by atoms with Crippen LogP contribution in [0.5, 0.6) is 0 Å². The Morgan fingerprint density at radius 2 is 1.89 bits per heavy atom. The van der Waals surface area contributed by atoms with Crippen molar-refractivity contribution >= 4 is 26.7 Å². The Kier molecular flexibility index (Phi) is 5.66. The Balaban J connectivity index is 1.71. The summed E-state index contributed by atoms with van der Waals surface area (Å²) >= 11 is 0. The van der Waals surface area contributed by atoms with E-state index in [1.807, 2.05) is 0 Å². The van der Waals surface area contributed by atoms with Crippen LogP contribution in [0.15, 0.2) is 53.6 Å². The van der Waals surface area contributed by atoms with Gasteiger partial charge in [0, 0.05) is 18.2 Å². The van der Waals surface area contributed by atoms with Crippen molar-refractivity contribution in [1.29, 1.82) is 0 Å². The van der Waals surface area contributed by atoms with Gasteiger partial charge in [0.15, 0.2) is 5.78 Å². The van der Waals surface area contributed by atoms with Crippen molar-refractivity contribution in [2.75, 3.05) is 12.8 Å². The van der Waals surface area contributed by atoms with E-state index in [0.29, 0.717) is 12.0 Å². The maximum Gasteiger partial charge on any atom is 0.261 e. The molecule has 0 unspecified atom stereocenters. The number of Topliss-reactive ketones (excluding diaryl/α,β-unsaturated/α-hetero) is 1. The largest absolute Gasteiger partial charge is 0.292 e. The highest BCUT2D eigenvalue weighted by atomic mass is 32.2. The highest BCUT2D eigenvalue weighted by molar-refractivity contribution is 7.88. The molecule has 7 nitrogen and oxygen atoms in total. The second-order valence-electron chi connectivity index (χ2n) is 6.38. The van der Waals surface area contributed by atoms with Gasteiger partial charge in [-0.3, -0.25) is 14.2 Å². The van der Waals surface area contributed by atoms with E-state index in [0.717, 1.165) is 11.8 Å². The number of ketones is 1. The quantitative estimate of drug-likeness (QED) is 0.603. The highest BCUT2D eigenvalue weighted by Gasteiger charge is 2.11. The van der Waals surface area contributed by atoms with Crippen LogP contribution in [0.4, 0.5) is 4.39 Å². The van der Waals surface area contributed by atoms with Crippen LogP contribution in [-0.2, 0) is 23.0 Å². The Hall–Kier alpha value is -2.91. The zero-order valence-electron chi connectivity index (χ0n) is 15.1. The summed E-state index contributed by atoms with van der Waals surface area (Å²) in [6, 6.07) is 10.4. The van der Waals surface area contributed by atoms with Crippen molar-refractivity contribution in [3.8, 4) is 0 Å². The summed E-state index contributed by atoms with van der Waals surface area (Å²) in [5, 5.41) is 0.241. The Morgan fingerprint density at radius 1 is 1.18 bits per heavy atom. The average Bonchev–Trinajstić information content (AvgIpc) is 2.63. The van der Waals surface area contributed by atoms with E-state index in [1.54, 1.807) is 24.3 Å². The van der Waals surface area contributed by atoms with E-state index in [4.69, 9.17) is 0 Å². The number of hydrogen-bond donors (Lipinski definition) is 1. The average molecular weight is 403 g/mol. The number of halogens is 1. The van der Waals surface area contributed by atoms with E-state index < -0.39 is 21.4 Å². The molecule has 0 aliphatic heterocycles. The fraction of sp³-hybridized carbons (Fsp3) is 0.211. The maximum absolute atomic E-state index is 13.2. The summed E-state index contributed by atoms with van der Waals surface area (Å²) < 4.78 is 38.9. The lowest BCUT2D eigenvalue weighted by atomic mass is 10.1. The number of hydrogen-bond acceptors (Lipinski definition) is 5. The van der Waals surface area contributed by atoms with Crippen LogP contribution in [0.3, 0.4) is 0 Å². The third kappa shape index (κ3) is 4.87. The Labute approximate surface area is 160 Å². The fourth-order valence-electron chi connectivity index (χ4n) is 2.73. The molecule has 0 atom stereocenters. The number of carbonyl (C=O) groups is 1. The van der Waals surface area contributed by atoms with Gasteiger partial charge < -0.3 is 0 Å². The van der Waals surface area contributed by atoms with Crippen LogP contribution in [0.2, 0.25) is 0 Å². The van der Waals surface area contributed by atoms with Gasteiger partial charge >= 0.3 is 0 Å². The molecule has 0 aliphatic carbocycles. The van der Waals surface area contributed by atoms with Crippen LogP contribution in [-0.4, -0.2) is 36.6 Å². The number of carbonyl (C=O) groups excluding carboxylic acids is 1. The van der Waals surface area contributed by atoms with Gasteiger partial charge in [-0.25, -0.2) is 22.5 Å². The van der Waals surface area contributed by atoms with E-state index in [-0.39, 0.29) is 29.8 Å². The van der Waals surface area contributed by atoms with Crippen LogP contribution < -0.4 is 10.3 Å². The van der Waals surface area contributed by atoms with Crippen LogP contribution >= 0.6 is 0 Å². The van der Waals surface area contributed by atoms with Gasteiger partial charge in [-0.2, -0.15) is 0 Å². The van der Waals surface area contributed by atoms with Crippen molar-refractivity contribution in [3.63, 3.8) is 0 Å². The van der Waals surface area contributed by atoms with Gasteiger partial charge in [-0.05, 0) is 24.1 Å². The molecule has 2 aromatic carbocycles. The number of nitrogens with one attached hydrogen (secondary N) is 1. The molecule has 0 fully saturated rings. The van der Waals surface area contributed by atoms with Gasteiger partial charge in [0.2, 0.25) is 10.0 Å². The molecule has 3 rings (SSSR count). The summed E-state index contributed by atoms with van der Waals surface area (Å²) in [6.07, 6.45) is 2.81. The molecule has 1 N–H and O–H groups in total. The van der Waals surface area contributed by atoms with Crippen LogP contribution in [0.25, 0.3) is 10.9 Å². The lowest BCUT2D eigenvalue weighted by Gasteiger charge is -2.07. The Morgan fingerprint density at radius 3 is 2.57 bits per heavy atom. The first-order chi connectivity index (χ1) is 13.2. The molecule has 146 valence electrons.